The van der Waals surface area contributed by atoms with E-state index in [0.29, 0.717) is 24.3 Å². The highest BCUT2D eigenvalue weighted by Gasteiger charge is 2.28. The van der Waals surface area contributed by atoms with Crippen LogP contribution in [0.15, 0.2) is 34.7 Å². The van der Waals surface area contributed by atoms with Crippen molar-refractivity contribution in [2.75, 3.05) is 13.1 Å². The van der Waals surface area contributed by atoms with Gasteiger partial charge in [0.1, 0.15) is 22.9 Å². The molecule has 1 atom stereocenters. The van der Waals surface area contributed by atoms with Crippen molar-refractivity contribution in [2.24, 2.45) is 0 Å². The van der Waals surface area contributed by atoms with Crippen LogP contribution in [-0.4, -0.2) is 29.3 Å². The smallest absolute Gasteiger partial charge is 0.314 e. The molecule has 0 fully saturated rings. The Labute approximate surface area is 141 Å². The molecule has 1 aromatic carbocycles. The van der Waals surface area contributed by atoms with E-state index in [1.807, 2.05) is 13.0 Å². The maximum absolute atomic E-state index is 11.9. The van der Waals surface area contributed by atoms with E-state index >= 15 is 0 Å². The van der Waals surface area contributed by atoms with Gasteiger partial charge in [0, 0.05) is 12.1 Å². The van der Waals surface area contributed by atoms with E-state index in [1.54, 1.807) is 38.1 Å². The number of benzene rings is 1. The number of amides is 2. The van der Waals surface area contributed by atoms with Gasteiger partial charge in [-0.2, -0.15) is 0 Å². The van der Waals surface area contributed by atoms with Crippen molar-refractivity contribution in [1.82, 2.24) is 10.6 Å². The van der Waals surface area contributed by atoms with Crippen LogP contribution in [0.25, 0.3) is 0 Å². The molecule has 2 rings (SSSR count). The molecule has 0 spiro atoms. The summed E-state index contributed by atoms with van der Waals surface area (Å²) >= 11 is 0. The van der Waals surface area contributed by atoms with Crippen LogP contribution in [0.3, 0.4) is 0 Å². The predicted octanol–water partition coefficient (Wildman–Crippen LogP) is 2.35. The molecule has 1 unspecified atom stereocenters. The number of carbonyl (C=O) groups is 1. The van der Waals surface area contributed by atoms with Gasteiger partial charge in [0.25, 0.3) is 0 Å². The first-order valence-electron chi connectivity index (χ1n) is 7.87. The van der Waals surface area contributed by atoms with E-state index in [0.717, 1.165) is 11.3 Å². The molecule has 130 valence electrons. The summed E-state index contributed by atoms with van der Waals surface area (Å²) in [6, 6.07) is 8.33. The molecule has 0 aliphatic carbocycles. The van der Waals surface area contributed by atoms with Crippen LogP contribution in [0.2, 0.25) is 0 Å². The molecule has 1 aromatic heterocycles. The number of rotatable bonds is 6. The minimum absolute atomic E-state index is 0.0742. The van der Waals surface area contributed by atoms with E-state index in [9.17, 15) is 15.0 Å². The molecule has 2 amide bonds. The summed E-state index contributed by atoms with van der Waals surface area (Å²) in [5.74, 6) is 1.57. The standard InChI is InChI=1S/C18H24N2O4/c1-12-9-16(13(2)24-12)18(3,23)11-20-17(22)19-8-7-14-5-4-6-15(21)10-14/h4-6,9-10,21,23H,7-8,11H2,1-3H3,(H2,19,20,22). The van der Waals surface area contributed by atoms with Crippen LogP contribution in [-0.2, 0) is 12.0 Å². The topological polar surface area (TPSA) is 94.7 Å². The summed E-state index contributed by atoms with van der Waals surface area (Å²) in [5.41, 5.74) is 0.400. The summed E-state index contributed by atoms with van der Waals surface area (Å²) in [4.78, 5) is 11.9. The Kier molecular flexibility index (Phi) is 5.51. The monoisotopic (exact) mass is 332 g/mol. The zero-order valence-electron chi connectivity index (χ0n) is 14.2. The number of urea groups is 1. The van der Waals surface area contributed by atoms with Gasteiger partial charge in [0.05, 0.1) is 6.54 Å². The quantitative estimate of drug-likeness (QED) is 0.653. The second kappa shape index (κ2) is 7.40. The van der Waals surface area contributed by atoms with Crippen molar-refractivity contribution < 1.29 is 19.4 Å². The average Bonchev–Trinajstić information content (AvgIpc) is 2.85. The van der Waals surface area contributed by atoms with Gasteiger partial charge in [-0.1, -0.05) is 12.1 Å². The second-order valence-electron chi connectivity index (χ2n) is 6.13. The number of phenolic OH excluding ortho intramolecular Hbond substituents is 1. The summed E-state index contributed by atoms with van der Waals surface area (Å²) < 4.78 is 5.42. The highest BCUT2D eigenvalue weighted by atomic mass is 16.3. The van der Waals surface area contributed by atoms with Gasteiger partial charge in [0.2, 0.25) is 0 Å². The Bertz CT molecular complexity index is 707. The lowest BCUT2D eigenvalue weighted by Gasteiger charge is -2.23. The van der Waals surface area contributed by atoms with Crippen molar-refractivity contribution >= 4 is 6.03 Å². The zero-order chi connectivity index (χ0) is 17.7. The van der Waals surface area contributed by atoms with Crippen LogP contribution >= 0.6 is 0 Å². The number of furan rings is 1. The molecule has 1 heterocycles. The van der Waals surface area contributed by atoms with E-state index in [-0.39, 0.29) is 18.3 Å². The number of hydrogen-bond acceptors (Lipinski definition) is 4. The minimum Gasteiger partial charge on any atom is -0.508 e. The lowest BCUT2D eigenvalue weighted by atomic mass is 9.96. The summed E-state index contributed by atoms with van der Waals surface area (Å²) in [6.07, 6.45) is 0.609. The highest BCUT2D eigenvalue weighted by Crippen LogP contribution is 2.26. The second-order valence-corrected chi connectivity index (χ2v) is 6.13. The Morgan fingerprint density at radius 1 is 1.25 bits per heavy atom. The Morgan fingerprint density at radius 3 is 2.62 bits per heavy atom. The molecule has 0 saturated heterocycles. The maximum Gasteiger partial charge on any atom is 0.314 e. The van der Waals surface area contributed by atoms with Gasteiger partial charge in [-0.3, -0.25) is 0 Å². The average molecular weight is 332 g/mol. The number of aliphatic hydroxyl groups is 1. The van der Waals surface area contributed by atoms with Gasteiger partial charge in [-0.15, -0.1) is 0 Å². The number of nitrogens with one attached hydrogen (secondary N) is 2. The summed E-state index contributed by atoms with van der Waals surface area (Å²) in [6.45, 7) is 5.74. The fraction of sp³-hybridized carbons (Fsp3) is 0.389. The molecule has 0 radical (unpaired) electrons. The highest BCUT2D eigenvalue weighted by molar-refractivity contribution is 5.73. The van der Waals surface area contributed by atoms with Crippen molar-refractivity contribution in [1.29, 1.82) is 0 Å². The fourth-order valence-corrected chi connectivity index (χ4v) is 2.61. The lowest BCUT2D eigenvalue weighted by molar-refractivity contribution is 0.0579. The zero-order valence-corrected chi connectivity index (χ0v) is 14.2. The van der Waals surface area contributed by atoms with E-state index in [4.69, 9.17) is 4.42 Å². The molecule has 0 aliphatic heterocycles. The number of aromatic hydroxyl groups is 1. The molecule has 0 aliphatic rings. The van der Waals surface area contributed by atoms with Gasteiger partial charge >= 0.3 is 6.03 Å². The molecule has 2 aromatic rings. The molecule has 6 heteroatoms. The van der Waals surface area contributed by atoms with E-state index < -0.39 is 5.60 Å². The van der Waals surface area contributed by atoms with E-state index in [1.165, 1.54) is 0 Å². The van der Waals surface area contributed by atoms with E-state index in [2.05, 4.69) is 10.6 Å². The van der Waals surface area contributed by atoms with Gasteiger partial charge < -0.3 is 25.3 Å². The molecular formula is C18H24N2O4. The molecule has 0 saturated carbocycles. The van der Waals surface area contributed by atoms with Crippen LogP contribution in [0.4, 0.5) is 4.79 Å². The largest absolute Gasteiger partial charge is 0.508 e. The van der Waals surface area contributed by atoms with Gasteiger partial charge in [-0.25, -0.2) is 4.79 Å². The summed E-state index contributed by atoms with van der Waals surface area (Å²) in [5, 5.41) is 25.3. The Morgan fingerprint density at radius 2 is 2.00 bits per heavy atom. The number of hydrogen-bond donors (Lipinski definition) is 4. The minimum atomic E-state index is -1.20. The number of aryl methyl sites for hydroxylation is 2. The van der Waals surface area contributed by atoms with Crippen LogP contribution in [0.1, 0.15) is 29.6 Å². The third kappa shape index (κ3) is 4.76. The van der Waals surface area contributed by atoms with Crippen molar-refractivity contribution in [3.8, 4) is 5.75 Å². The third-order valence-electron chi connectivity index (χ3n) is 3.82. The first kappa shape index (κ1) is 17.9. The maximum atomic E-state index is 11.9. The van der Waals surface area contributed by atoms with Crippen molar-refractivity contribution in [2.45, 2.75) is 32.8 Å². The first-order valence-corrected chi connectivity index (χ1v) is 7.87. The molecular weight excluding hydrogens is 308 g/mol. The van der Waals surface area contributed by atoms with Crippen molar-refractivity contribution in [3.63, 3.8) is 0 Å². The third-order valence-corrected chi connectivity index (χ3v) is 3.82. The summed E-state index contributed by atoms with van der Waals surface area (Å²) in [7, 11) is 0. The molecule has 6 nitrogen and oxygen atoms in total. The molecule has 24 heavy (non-hydrogen) atoms. The SMILES string of the molecule is Cc1cc(C(C)(O)CNC(=O)NCCc2cccc(O)c2)c(C)o1. The predicted molar refractivity (Wildman–Crippen MR) is 91.0 cm³/mol. The number of phenols is 1. The molecule has 0 bridgehead atoms. The van der Waals surface area contributed by atoms with Crippen LogP contribution in [0.5, 0.6) is 5.75 Å². The fourth-order valence-electron chi connectivity index (χ4n) is 2.61. The van der Waals surface area contributed by atoms with Crippen LogP contribution in [0, 0.1) is 13.8 Å². The first-order chi connectivity index (χ1) is 11.3. The number of carbonyl (C=O) groups excluding carboxylic acids is 1. The lowest BCUT2D eigenvalue weighted by Crippen LogP contribution is -2.44. The normalized spacial score (nSPS) is 13.3. The van der Waals surface area contributed by atoms with Gasteiger partial charge in [-0.05, 0) is 51.0 Å². The Hall–Kier alpha value is -2.47. The van der Waals surface area contributed by atoms with Crippen LogP contribution < -0.4 is 10.6 Å². The van der Waals surface area contributed by atoms with Crippen molar-refractivity contribution in [3.05, 3.63) is 53.0 Å². The molecule has 4 N–H and O–H groups in total. The Balaban J connectivity index is 1.79. The van der Waals surface area contributed by atoms with Gasteiger partial charge in [0.15, 0.2) is 0 Å².